The smallest absolute Gasteiger partial charge is 0.127 e. The molecule has 0 spiro atoms. The Morgan fingerprint density at radius 2 is 2.10 bits per heavy atom. The number of halogens is 2. The first-order chi connectivity index (χ1) is 10.2. The van der Waals surface area contributed by atoms with Crippen LogP contribution in [0.3, 0.4) is 0 Å². The molecule has 21 heavy (non-hydrogen) atoms. The number of fused-ring (bicyclic) bond motifs is 1. The fraction of sp³-hybridized carbons (Fsp3) is 0.312. The van der Waals surface area contributed by atoms with E-state index in [0.29, 0.717) is 6.04 Å². The summed E-state index contributed by atoms with van der Waals surface area (Å²) in [6.07, 6.45) is 4.59. The summed E-state index contributed by atoms with van der Waals surface area (Å²) >= 11 is 7.02. The molecular formula is C16H16Br2N2O. The summed E-state index contributed by atoms with van der Waals surface area (Å²) in [5, 5.41) is 3.55. The molecule has 1 aliphatic rings. The molecule has 0 radical (unpaired) electrons. The molecule has 0 bridgehead atoms. The van der Waals surface area contributed by atoms with E-state index in [2.05, 4.69) is 61.2 Å². The predicted octanol–water partition coefficient (Wildman–Crippen LogP) is 4.78. The molecule has 2 heterocycles. The highest BCUT2D eigenvalue weighted by Gasteiger charge is 2.29. The van der Waals surface area contributed by atoms with Crippen LogP contribution in [0, 0.1) is 0 Å². The highest BCUT2D eigenvalue weighted by atomic mass is 79.9. The third-order valence-corrected chi connectivity index (χ3v) is 4.54. The van der Waals surface area contributed by atoms with Crippen molar-refractivity contribution in [3.63, 3.8) is 0 Å². The van der Waals surface area contributed by atoms with Gasteiger partial charge in [0.25, 0.3) is 0 Å². The number of hydrogen-bond acceptors (Lipinski definition) is 3. The molecule has 1 aliphatic heterocycles. The normalized spacial score (nSPS) is 20.7. The first-order valence-corrected chi connectivity index (χ1v) is 8.56. The van der Waals surface area contributed by atoms with Gasteiger partial charge < -0.3 is 10.1 Å². The summed E-state index contributed by atoms with van der Waals surface area (Å²) in [7, 11) is 0. The van der Waals surface area contributed by atoms with E-state index in [4.69, 9.17) is 4.74 Å². The van der Waals surface area contributed by atoms with Gasteiger partial charge in [-0.3, -0.25) is 4.98 Å². The van der Waals surface area contributed by atoms with Crippen molar-refractivity contribution in [1.29, 1.82) is 0 Å². The number of ether oxygens (including phenoxy) is 1. The van der Waals surface area contributed by atoms with Crippen LogP contribution in [-0.4, -0.2) is 11.5 Å². The van der Waals surface area contributed by atoms with Crippen molar-refractivity contribution < 1.29 is 4.74 Å². The zero-order valence-corrected chi connectivity index (χ0v) is 14.8. The Balaban J connectivity index is 1.95. The lowest BCUT2D eigenvalue weighted by molar-refractivity contribution is 0.151. The van der Waals surface area contributed by atoms with Gasteiger partial charge in [0.05, 0.1) is 0 Å². The zero-order valence-electron chi connectivity index (χ0n) is 11.6. The van der Waals surface area contributed by atoms with Crippen molar-refractivity contribution in [3.05, 3.63) is 56.7 Å². The van der Waals surface area contributed by atoms with Crippen LogP contribution >= 0.6 is 31.9 Å². The van der Waals surface area contributed by atoms with Gasteiger partial charge in [0.1, 0.15) is 11.9 Å². The molecule has 0 fully saturated rings. The number of nitrogens with one attached hydrogen (secondary N) is 1. The van der Waals surface area contributed by atoms with Gasteiger partial charge >= 0.3 is 0 Å². The quantitative estimate of drug-likeness (QED) is 0.788. The Labute approximate surface area is 141 Å². The molecule has 2 aromatic rings. The van der Waals surface area contributed by atoms with Crippen LogP contribution < -0.4 is 10.1 Å². The SMILES string of the molecule is CCNC1CC(c2cncc(Br)c2)Oc2ccc(Br)cc21. The third kappa shape index (κ3) is 3.30. The van der Waals surface area contributed by atoms with E-state index < -0.39 is 0 Å². The fourth-order valence-corrected chi connectivity index (χ4v) is 3.45. The summed E-state index contributed by atoms with van der Waals surface area (Å²) < 4.78 is 8.24. The molecule has 110 valence electrons. The van der Waals surface area contributed by atoms with Crippen LogP contribution in [-0.2, 0) is 0 Å². The number of nitrogens with zero attached hydrogens (tertiary/aromatic N) is 1. The minimum absolute atomic E-state index is 0.0210. The summed E-state index contributed by atoms with van der Waals surface area (Å²) in [5.74, 6) is 0.945. The molecule has 2 unspecified atom stereocenters. The highest BCUT2D eigenvalue weighted by molar-refractivity contribution is 9.10. The third-order valence-electron chi connectivity index (χ3n) is 3.61. The van der Waals surface area contributed by atoms with Crippen LogP contribution in [0.1, 0.15) is 36.6 Å². The van der Waals surface area contributed by atoms with E-state index in [0.717, 1.165) is 33.2 Å². The molecule has 1 aromatic heterocycles. The minimum atomic E-state index is 0.0210. The van der Waals surface area contributed by atoms with Gasteiger partial charge in [0.15, 0.2) is 0 Å². The van der Waals surface area contributed by atoms with Crippen LogP contribution in [0.25, 0.3) is 0 Å². The lowest BCUT2D eigenvalue weighted by Gasteiger charge is -2.33. The Morgan fingerprint density at radius 1 is 1.24 bits per heavy atom. The van der Waals surface area contributed by atoms with Crippen LogP contribution in [0.4, 0.5) is 0 Å². The molecule has 0 aliphatic carbocycles. The maximum Gasteiger partial charge on any atom is 0.127 e. The van der Waals surface area contributed by atoms with Gasteiger partial charge in [0, 0.05) is 44.9 Å². The van der Waals surface area contributed by atoms with E-state index >= 15 is 0 Å². The number of benzene rings is 1. The summed E-state index contributed by atoms with van der Waals surface area (Å²) in [4.78, 5) is 4.25. The fourth-order valence-electron chi connectivity index (χ4n) is 2.69. The monoisotopic (exact) mass is 410 g/mol. The van der Waals surface area contributed by atoms with Crippen molar-refractivity contribution in [2.24, 2.45) is 0 Å². The second kappa shape index (κ2) is 6.46. The van der Waals surface area contributed by atoms with E-state index in [1.165, 1.54) is 5.56 Å². The topological polar surface area (TPSA) is 34.2 Å². The van der Waals surface area contributed by atoms with Gasteiger partial charge in [0.2, 0.25) is 0 Å². The minimum Gasteiger partial charge on any atom is -0.485 e. The van der Waals surface area contributed by atoms with E-state index in [1.54, 1.807) is 6.20 Å². The molecule has 5 heteroatoms. The van der Waals surface area contributed by atoms with Crippen molar-refractivity contribution in [2.75, 3.05) is 6.54 Å². The van der Waals surface area contributed by atoms with Crippen molar-refractivity contribution in [2.45, 2.75) is 25.5 Å². The van der Waals surface area contributed by atoms with Gasteiger partial charge in [-0.2, -0.15) is 0 Å². The molecule has 1 N–H and O–H groups in total. The van der Waals surface area contributed by atoms with Gasteiger partial charge in [-0.15, -0.1) is 0 Å². The number of pyridine rings is 1. The summed E-state index contributed by atoms with van der Waals surface area (Å²) in [5.41, 5.74) is 2.31. The molecule has 0 amide bonds. The highest BCUT2D eigenvalue weighted by Crippen LogP contribution is 2.41. The molecule has 2 atom stereocenters. The van der Waals surface area contributed by atoms with Gasteiger partial charge in [-0.05, 0) is 46.7 Å². The Hall–Kier alpha value is -0.910. The zero-order chi connectivity index (χ0) is 14.8. The van der Waals surface area contributed by atoms with Crippen LogP contribution in [0.15, 0.2) is 45.6 Å². The van der Waals surface area contributed by atoms with Crippen LogP contribution in [0.2, 0.25) is 0 Å². The maximum atomic E-state index is 6.18. The Bertz CT molecular complexity index is 648. The van der Waals surface area contributed by atoms with Crippen molar-refractivity contribution in [3.8, 4) is 5.75 Å². The maximum absolute atomic E-state index is 6.18. The van der Waals surface area contributed by atoms with Gasteiger partial charge in [-0.25, -0.2) is 0 Å². The predicted molar refractivity (Wildman–Crippen MR) is 90.5 cm³/mol. The molecule has 1 aromatic carbocycles. The second-order valence-corrected chi connectivity index (χ2v) is 6.90. The number of rotatable bonds is 3. The molecular weight excluding hydrogens is 396 g/mol. The van der Waals surface area contributed by atoms with E-state index in [9.17, 15) is 0 Å². The first-order valence-electron chi connectivity index (χ1n) is 6.97. The first kappa shape index (κ1) is 15.0. The largest absolute Gasteiger partial charge is 0.485 e. The van der Waals surface area contributed by atoms with Gasteiger partial charge in [-0.1, -0.05) is 22.9 Å². The summed E-state index contributed by atoms with van der Waals surface area (Å²) in [6.45, 7) is 3.06. The Morgan fingerprint density at radius 3 is 2.86 bits per heavy atom. The molecule has 0 saturated carbocycles. The number of hydrogen-bond donors (Lipinski definition) is 1. The molecule has 3 nitrogen and oxygen atoms in total. The second-order valence-electron chi connectivity index (χ2n) is 5.07. The van der Waals surface area contributed by atoms with Crippen molar-refractivity contribution in [1.82, 2.24) is 10.3 Å². The molecule has 0 saturated heterocycles. The van der Waals surface area contributed by atoms with E-state index in [-0.39, 0.29) is 6.10 Å². The van der Waals surface area contributed by atoms with E-state index in [1.807, 2.05) is 18.3 Å². The lowest BCUT2D eigenvalue weighted by Crippen LogP contribution is -2.29. The van der Waals surface area contributed by atoms with Crippen LogP contribution in [0.5, 0.6) is 5.75 Å². The average Bonchev–Trinajstić information content (AvgIpc) is 2.48. The number of aromatic nitrogens is 1. The Kier molecular flexibility index (Phi) is 4.62. The average molecular weight is 412 g/mol. The lowest BCUT2D eigenvalue weighted by atomic mass is 9.93. The summed E-state index contributed by atoms with van der Waals surface area (Å²) in [6, 6.07) is 8.55. The standard InChI is InChI=1S/C16H16Br2N2O/c1-2-20-14-7-16(10-5-12(18)9-19-8-10)21-15-4-3-11(17)6-13(14)15/h3-6,8-9,14,16,20H,2,7H2,1H3. The van der Waals surface area contributed by atoms with Crippen molar-refractivity contribution >= 4 is 31.9 Å². The molecule has 3 rings (SSSR count).